The van der Waals surface area contributed by atoms with Crippen molar-refractivity contribution in [3.8, 4) is 28.3 Å². The quantitative estimate of drug-likeness (QED) is 0.478. The van der Waals surface area contributed by atoms with Crippen molar-refractivity contribution in [1.29, 1.82) is 0 Å². The maximum Gasteiger partial charge on any atom is 0.345 e. The van der Waals surface area contributed by atoms with E-state index in [-0.39, 0.29) is 5.92 Å². The number of nitrogens with one attached hydrogen (secondary N) is 2. The third kappa shape index (κ3) is 3.82. The standard InChI is InChI=1S/C21H20FN5O2/c1-11(2)10-29-19-8-13(22)4-5-14(19)18-9-17(24-21(28)25-18)12-3-6-16-15(7-12)20(23)27-26-16/h3-9,11H,10H2,1-2H3,(H3,23,26,27)(H,24,25,28). The van der Waals surface area contributed by atoms with E-state index in [1.54, 1.807) is 12.1 Å². The van der Waals surface area contributed by atoms with Crippen LogP contribution in [0.15, 0.2) is 47.3 Å². The number of nitrogens with two attached hydrogens (primary N) is 1. The molecule has 0 radical (unpaired) electrons. The molecule has 148 valence electrons. The van der Waals surface area contributed by atoms with Gasteiger partial charge in [0.25, 0.3) is 0 Å². The Morgan fingerprint density at radius 2 is 2.00 bits per heavy atom. The smallest absolute Gasteiger partial charge is 0.345 e. The van der Waals surface area contributed by atoms with E-state index >= 15 is 0 Å². The predicted octanol–water partition coefficient (Wildman–Crippen LogP) is 3.74. The Labute approximate surface area is 165 Å². The van der Waals surface area contributed by atoms with Crippen molar-refractivity contribution in [2.24, 2.45) is 5.92 Å². The molecule has 2 aromatic carbocycles. The van der Waals surface area contributed by atoms with E-state index < -0.39 is 11.5 Å². The summed E-state index contributed by atoms with van der Waals surface area (Å²) in [5, 5.41) is 7.56. The Bertz CT molecular complexity index is 1250. The number of nitrogens with zero attached hydrogens (tertiary/aromatic N) is 2. The summed E-state index contributed by atoms with van der Waals surface area (Å²) in [4.78, 5) is 19.0. The van der Waals surface area contributed by atoms with Crippen LogP contribution >= 0.6 is 0 Å². The fraction of sp³-hybridized carbons (Fsp3) is 0.190. The molecule has 0 aliphatic heterocycles. The lowest BCUT2D eigenvalue weighted by Gasteiger charge is -2.14. The molecule has 0 bridgehead atoms. The number of aromatic amines is 2. The van der Waals surface area contributed by atoms with Crippen molar-refractivity contribution in [2.45, 2.75) is 13.8 Å². The first-order valence-corrected chi connectivity index (χ1v) is 9.19. The maximum atomic E-state index is 13.8. The predicted molar refractivity (Wildman–Crippen MR) is 110 cm³/mol. The zero-order valence-corrected chi connectivity index (χ0v) is 16.0. The second-order valence-corrected chi connectivity index (χ2v) is 7.20. The third-order valence-electron chi connectivity index (χ3n) is 4.44. The molecule has 0 saturated heterocycles. The van der Waals surface area contributed by atoms with Gasteiger partial charge in [-0.2, -0.15) is 10.1 Å². The van der Waals surface area contributed by atoms with Crippen LogP contribution in [0.4, 0.5) is 10.2 Å². The van der Waals surface area contributed by atoms with Crippen molar-refractivity contribution >= 4 is 16.7 Å². The molecule has 0 fully saturated rings. The third-order valence-corrected chi connectivity index (χ3v) is 4.44. The molecule has 4 aromatic rings. The van der Waals surface area contributed by atoms with Gasteiger partial charge in [-0.15, -0.1) is 0 Å². The first kappa shape index (κ1) is 18.7. The van der Waals surface area contributed by atoms with Crippen LogP contribution in [-0.2, 0) is 0 Å². The molecule has 2 heterocycles. The molecule has 0 amide bonds. The van der Waals surface area contributed by atoms with E-state index in [1.807, 2.05) is 32.0 Å². The minimum absolute atomic E-state index is 0.269. The van der Waals surface area contributed by atoms with E-state index in [4.69, 9.17) is 10.5 Å². The second kappa shape index (κ2) is 7.38. The lowest BCUT2D eigenvalue weighted by atomic mass is 10.1. The monoisotopic (exact) mass is 393 g/mol. The Morgan fingerprint density at radius 3 is 2.79 bits per heavy atom. The van der Waals surface area contributed by atoms with Gasteiger partial charge in [-0.3, -0.25) is 5.10 Å². The molecule has 4 rings (SSSR count). The van der Waals surface area contributed by atoms with Crippen LogP contribution < -0.4 is 16.2 Å². The number of ether oxygens (including phenoxy) is 1. The first-order chi connectivity index (χ1) is 13.9. The molecular weight excluding hydrogens is 373 g/mol. The van der Waals surface area contributed by atoms with Gasteiger partial charge in [-0.25, -0.2) is 9.18 Å². The first-order valence-electron chi connectivity index (χ1n) is 9.19. The molecule has 0 spiro atoms. The average Bonchev–Trinajstić information content (AvgIpc) is 3.06. The SMILES string of the molecule is CC(C)COc1cc(F)ccc1-c1cc(-c2ccc3[nH]nc(N)c3c2)nc(=O)[nH]1. The minimum atomic E-state index is -0.517. The highest BCUT2D eigenvalue weighted by atomic mass is 19.1. The number of hydrogen-bond donors (Lipinski definition) is 3. The molecule has 29 heavy (non-hydrogen) atoms. The Morgan fingerprint density at radius 1 is 1.17 bits per heavy atom. The van der Waals surface area contributed by atoms with Crippen LogP contribution in [0.3, 0.4) is 0 Å². The van der Waals surface area contributed by atoms with Crippen molar-refractivity contribution in [2.75, 3.05) is 12.3 Å². The minimum Gasteiger partial charge on any atom is -0.493 e. The topological polar surface area (TPSA) is 110 Å². The fourth-order valence-electron chi connectivity index (χ4n) is 3.04. The molecule has 0 aliphatic carbocycles. The molecule has 0 unspecified atom stereocenters. The molecule has 7 nitrogen and oxygen atoms in total. The van der Waals surface area contributed by atoms with E-state index in [2.05, 4.69) is 20.2 Å². The summed E-state index contributed by atoms with van der Waals surface area (Å²) in [6.07, 6.45) is 0. The van der Waals surface area contributed by atoms with Crippen LogP contribution in [0, 0.1) is 11.7 Å². The number of benzene rings is 2. The summed E-state index contributed by atoms with van der Waals surface area (Å²) in [7, 11) is 0. The summed E-state index contributed by atoms with van der Waals surface area (Å²) < 4.78 is 19.6. The summed E-state index contributed by atoms with van der Waals surface area (Å²) >= 11 is 0. The highest BCUT2D eigenvalue weighted by Crippen LogP contribution is 2.32. The van der Waals surface area contributed by atoms with Gasteiger partial charge in [0, 0.05) is 22.6 Å². The number of aromatic nitrogens is 4. The van der Waals surface area contributed by atoms with E-state index in [0.717, 1.165) is 10.9 Å². The molecule has 0 saturated carbocycles. The summed E-state index contributed by atoms with van der Waals surface area (Å²) in [5.74, 6) is 0.589. The summed E-state index contributed by atoms with van der Waals surface area (Å²) in [6.45, 7) is 4.43. The zero-order chi connectivity index (χ0) is 20.5. The number of nitrogen functional groups attached to an aromatic ring is 1. The van der Waals surface area contributed by atoms with Crippen molar-refractivity contribution < 1.29 is 9.13 Å². The lowest BCUT2D eigenvalue weighted by molar-refractivity contribution is 0.271. The van der Waals surface area contributed by atoms with E-state index in [1.165, 1.54) is 12.1 Å². The van der Waals surface area contributed by atoms with E-state index in [0.29, 0.717) is 40.7 Å². The molecule has 0 aliphatic rings. The number of fused-ring (bicyclic) bond motifs is 1. The maximum absolute atomic E-state index is 13.8. The Balaban J connectivity index is 1.81. The van der Waals surface area contributed by atoms with Crippen LogP contribution in [0.25, 0.3) is 33.4 Å². The van der Waals surface area contributed by atoms with Gasteiger partial charge in [-0.1, -0.05) is 19.9 Å². The van der Waals surface area contributed by atoms with Crippen molar-refractivity contribution in [1.82, 2.24) is 20.2 Å². The number of rotatable bonds is 5. The number of hydrogen-bond acceptors (Lipinski definition) is 5. The van der Waals surface area contributed by atoms with Crippen LogP contribution in [0.2, 0.25) is 0 Å². The fourth-order valence-corrected chi connectivity index (χ4v) is 3.04. The molecule has 0 atom stereocenters. The molecule has 4 N–H and O–H groups in total. The molecule has 8 heteroatoms. The van der Waals surface area contributed by atoms with Gasteiger partial charge in [0.1, 0.15) is 11.6 Å². The van der Waals surface area contributed by atoms with Gasteiger partial charge >= 0.3 is 5.69 Å². The number of H-pyrrole nitrogens is 2. The van der Waals surface area contributed by atoms with Gasteiger partial charge in [0.2, 0.25) is 0 Å². The summed E-state index contributed by atoms with van der Waals surface area (Å²) in [5.41, 5.74) is 8.40. The number of anilines is 1. The highest BCUT2D eigenvalue weighted by Gasteiger charge is 2.13. The van der Waals surface area contributed by atoms with Crippen molar-refractivity contribution in [3.05, 3.63) is 58.8 Å². The second-order valence-electron chi connectivity index (χ2n) is 7.20. The van der Waals surface area contributed by atoms with Gasteiger partial charge < -0.3 is 15.5 Å². The van der Waals surface area contributed by atoms with Crippen molar-refractivity contribution in [3.63, 3.8) is 0 Å². The largest absolute Gasteiger partial charge is 0.493 e. The number of halogens is 1. The molecule has 2 aromatic heterocycles. The van der Waals surface area contributed by atoms with E-state index in [9.17, 15) is 9.18 Å². The normalized spacial score (nSPS) is 11.3. The zero-order valence-electron chi connectivity index (χ0n) is 16.0. The van der Waals surface area contributed by atoms with Crippen LogP contribution in [0.1, 0.15) is 13.8 Å². The van der Waals surface area contributed by atoms with Gasteiger partial charge in [-0.05, 0) is 36.2 Å². The van der Waals surface area contributed by atoms with Gasteiger partial charge in [0.05, 0.1) is 23.5 Å². The molecular formula is C21H20FN5O2. The van der Waals surface area contributed by atoms with Crippen LogP contribution in [0.5, 0.6) is 5.75 Å². The van der Waals surface area contributed by atoms with Gasteiger partial charge in [0.15, 0.2) is 5.82 Å². The Hall–Kier alpha value is -3.68. The highest BCUT2D eigenvalue weighted by molar-refractivity contribution is 5.92. The van der Waals surface area contributed by atoms with Crippen LogP contribution in [-0.4, -0.2) is 26.8 Å². The lowest BCUT2D eigenvalue weighted by Crippen LogP contribution is -2.13. The summed E-state index contributed by atoms with van der Waals surface area (Å²) in [6, 6.07) is 11.4. The average molecular weight is 393 g/mol. The Kier molecular flexibility index (Phi) is 4.75.